The number of aromatic nitrogens is 2. The third-order valence-electron chi connectivity index (χ3n) is 3.56. The normalized spacial score (nSPS) is 18.6. The second-order valence-corrected chi connectivity index (χ2v) is 5.05. The third kappa shape index (κ3) is 3.75. The Morgan fingerprint density at radius 1 is 1.44 bits per heavy atom. The van der Waals surface area contributed by atoms with E-state index in [-0.39, 0.29) is 0 Å². The predicted octanol–water partition coefficient (Wildman–Crippen LogP) is 1.85. The Bertz CT molecular complexity index is 388. The Balaban J connectivity index is 1.83. The molecule has 0 radical (unpaired) electrons. The highest BCUT2D eigenvalue weighted by Gasteiger charge is 2.12. The highest BCUT2D eigenvalue weighted by atomic mass is 15.1. The summed E-state index contributed by atoms with van der Waals surface area (Å²) in [6.45, 7) is 2.58. The number of hydrogen-bond donors (Lipinski definition) is 3. The summed E-state index contributed by atoms with van der Waals surface area (Å²) >= 11 is 0. The number of rotatable bonds is 3. The maximum absolute atomic E-state index is 5.93. The van der Waals surface area contributed by atoms with E-state index in [9.17, 15) is 0 Å². The zero-order valence-corrected chi connectivity index (χ0v) is 11.1. The van der Waals surface area contributed by atoms with Crippen molar-refractivity contribution in [2.75, 3.05) is 0 Å². The van der Waals surface area contributed by atoms with Crippen LogP contribution in [0.3, 0.4) is 0 Å². The van der Waals surface area contributed by atoms with Gasteiger partial charge in [-0.2, -0.15) is 5.10 Å². The Morgan fingerprint density at radius 3 is 2.78 bits per heavy atom. The van der Waals surface area contributed by atoms with Crippen LogP contribution in [0.25, 0.3) is 0 Å². The van der Waals surface area contributed by atoms with Crippen molar-refractivity contribution in [2.45, 2.75) is 58.0 Å². The number of aryl methyl sites for hydroxylation is 1. The number of aromatic amines is 1. The summed E-state index contributed by atoms with van der Waals surface area (Å²) in [7, 11) is 0. The summed E-state index contributed by atoms with van der Waals surface area (Å²) in [4.78, 5) is 4.38. The Morgan fingerprint density at radius 2 is 2.17 bits per heavy atom. The molecule has 5 heteroatoms. The first-order valence-corrected chi connectivity index (χ1v) is 6.81. The number of nitrogens with two attached hydrogens (primary N) is 1. The van der Waals surface area contributed by atoms with Crippen LogP contribution in [0.5, 0.6) is 0 Å². The van der Waals surface area contributed by atoms with Crippen molar-refractivity contribution in [3.05, 3.63) is 17.5 Å². The summed E-state index contributed by atoms with van der Waals surface area (Å²) in [6, 6.07) is 0.502. The summed E-state index contributed by atoms with van der Waals surface area (Å²) in [5.41, 5.74) is 8.08. The van der Waals surface area contributed by atoms with E-state index >= 15 is 0 Å². The molecule has 0 aliphatic heterocycles. The zero-order chi connectivity index (χ0) is 12.8. The summed E-state index contributed by atoms with van der Waals surface area (Å²) < 4.78 is 0. The van der Waals surface area contributed by atoms with Crippen LogP contribution < -0.4 is 11.1 Å². The van der Waals surface area contributed by atoms with Crippen molar-refractivity contribution in [1.29, 1.82) is 0 Å². The van der Waals surface area contributed by atoms with Crippen LogP contribution in [-0.2, 0) is 6.54 Å². The van der Waals surface area contributed by atoms with E-state index in [0.717, 1.165) is 11.3 Å². The Labute approximate surface area is 108 Å². The molecule has 18 heavy (non-hydrogen) atoms. The Hall–Kier alpha value is -1.52. The van der Waals surface area contributed by atoms with E-state index in [1.54, 1.807) is 6.20 Å². The average Bonchev–Trinajstić information content (AvgIpc) is 2.61. The molecule has 0 aromatic carbocycles. The fraction of sp³-hybridized carbons (Fsp3) is 0.692. The molecule has 0 amide bonds. The first kappa shape index (κ1) is 12.9. The molecule has 1 heterocycles. The second-order valence-electron chi connectivity index (χ2n) is 5.05. The minimum Gasteiger partial charge on any atom is -0.370 e. The van der Waals surface area contributed by atoms with Crippen molar-refractivity contribution in [3.8, 4) is 0 Å². The summed E-state index contributed by atoms with van der Waals surface area (Å²) in [5.74, 6) is 0.558. The predicted molar refractivity (Wildman–Crippen MR) is 73.3 cm³/mol. The molecule has 1 aromatic rings. The number of aliphatic imine (C=N–C) groups is 1. The number of nitrogens with zero attached hydrogens (tertiary/aromatic N) is 2. The molecular formula is C13H23N5. The van der Waals surface area contributed by atoms with Crippen LogP contribution in [0, 0.1) is 6.92 Å². The standard InChI is InChI=1S/C13H23N5/c1-10-11(9-16-18-10)8-15-13(14)17-12-6-4-2-3-5-7-12/h9,12H,2-8H2,1H3,(H,16,18)(H3,14,15,17). The highest BCUT2D eigenvalue weighted by Crippen LogP contribution is 2.16. The number of H-pyrrole nitrogens is 1. The van der Waals surface area contributed by atoms with Crippen molar-refractivity contribution >= 4 is 5.96 Å². The highest BCUT2D eigenvalue weighted by molar-refractivity contribution is 5.78. The summed E-state index contributed by atoms with van der Waals surface area (Å²) in [5, 5.41) is 10.2. The zero-order valence-electron chi connectivity index (χ0n) is 11.1. The van der Waals surface area contributed by atoms with Gasteiger partial charge in [0.2, 0.25) is 0 Å². The molecule has 1 aliphatic carbocycles. The lowest BCUT2D eigenvalue weighted by atomic mass is 10.1. The fourth-order valence-corrected chi connectivity index (χ4v) is 2.38. The van der Waals surface area contributed by atoms with Crippen molar-refractivity contribution in [2.24, 2.45) is 10.7 Å². The lowest BCUT2D eigenvalue weighted by Crippen LogP contribution is -2.39. The van der Waals surface area contributed by atoms with Gasteiger partial charge in [-0.05, 0) is 19.8 Å². The van der Waals surface area contributed by atoms with Gasteiger partial charge in [-0.15, -0.1) is 0 Å². The van der Waals surface area contributed by atoms with Gasteiger partial charge >= 0.3 is 0 Å². The molecule has 1 aromatic heterocycles. The van der Waals surface area contributed by atoms with E-state index < -0.39 is 0 Å². The third-order valence-corrected chi connectivity index (χ3v) is 3.56. The molecule has 0 atom stereocenters. The molecule has 1 aliphatic rings. The molecule has 4 N–H and O–H groups in total. The van der Waals surface area contributed by atoms with Crippen LogP contribution in [-0.4, -0.2) is 22.2 Å². The van der Waals surface area contributed by atoms with Gasteiger partial charge in [-0.25, -0.2) is 4.99 Å². The van der Waals surface area contributed by atoms with Crippen LogP contribution >= 0.6 is 0 Å². The molecule has 1 saturated carbocycles. The van der Waals surface area contributed by atoms with Crippen molar-refractivity contribution in [1.82, 2.24) is 15.5 Å². The average molecular weight is 249 g/mol. The number of hydrogen-bond acceptors (Lipinski definition) is 2. The molecule has 0 saturated heterocycles. The Kier molecular flexibility index (Phi) is 4.61. The monoisotopic (exact) mass is 249 g/mol. The molecule has 0 bridgehead atoms. The van der Waals surface area contributed by atoms with Crippen molar-refractivity contribution in [3.63, 3.8) is 0 Å². The van der Waals surface area contributed by atoms with Crippen LogP contribution in [0.1, 0.15) is 49.8 Å². The van der Waals surface area contributed by atoms with Gasteiger partial charge in [0.05, 0.1) is 12.7 Å². The van der Waals surface area contributed by atoms with E-state index in [0.29, 0.717) is 18.5 Å². The number of nitrogens with one attached hydrogen (secondary N) is 2. The largest absolute Gasteiger partial charge is 0.370 e. The van der Waals surface area contributed by atoms with Gasteiger partial charge in [-0.1, -0.05) is 25.7 Å². The topological polar surface area (TPSA) is 79.1 Å². The molecular weight excluding hydrogens is 226 g/mol. The van der Waals surface area contributed by atoms with Gasteiger partial charge in [0, 0.05) is 17.3 Å². The smallest absolute Gasteiger partial charge is 0.189 e. The van der Waals surface area contributed by atoms with Crippen LogP contribution in [0.15, 0.2) is 11.2 Å². The second kappa shape index (κ2) is 6.42. The minimum absolute atomic E-state index is 0.502. The van der Waals surface area contributed by atoms with Crippen LogP contribution in [0.2, 0.25) is 0 Å². The van der Waals surface area contributed by atoms with Crippen molar-refractivity contribution < 1.29 is 0 Å². The molecule has 100 valence electrons. The lowest BCUT2D eigenvalue weighted by molar-refractivity contribution is 0.530. The first-order valence-electron chi connectivity index (χ1n) is 6.81. The quantitative estimate of drug-likeness (QED) is 0.434. The van der Waals surface area contributed by atoms with Gasteiger partial charge < -0.3 is 11.1 Å². The van der Waals surface area contributed by atoms with Gasteiger partial charge in [-0.3, -0.25) is 5.10 Å². The maximum Gasteiger partial charge on any atom is 0.189 e. The minimum atomic E-state index is 0.502. The summed E-state index contributed by atoms with van der Waals surface area (Å²) in [6.07, 6.45) is 9.52. The molecule has 1 fully saturated rings. The lowest BCUT2D eigenvalue weighted by Gasteiger charge is -2.16. The maximum atomic E-state index is 5.93. The molecule has 5 nitrogen and oxygen atoms in total. The van der Waals surface area contributed by atoms with Gasteiger partial charge in [0.15, 0.2) is 5.96 Å². The fourth-order valence-electron chi connectivity index (χ4n) is 2.38. The first-order chi connectivity index (χ1) is 8.75. The van der Waals surface area contributed by atoms with E-state index in [2.05, 4.69) is 20.5 Å². The van der Waals surface area contributed by atoms with E-state index in [1.807, 2.05) is 6.92 Å². The van der Waals surface area contributed by atoms with E-state index in [1.165, 1.54) is 38.5 Å². The molecule has 2 rings (SSSR count). The van der Waals surface area contributed by atoms with Gasteiger partial charge in [0.25, 0.3) is 0 Å². The molecule has 0 unspecified atom stereocenters. The SMILES string of the molecule is Cc1[nH]ncc1CN=C(N)NC1CCCCCC1. The van der Waals surface area contributed by atoms with E-state index in [4.69, 9.17) is 5.73 Å². The molecule has 0 spiro atoms. The number of guanidine groups is 1. The van der Waals surface area contributed by atoms with Crippen LogP contribution in [0.4, 0.5) is 0 Å². The van der Waals surface area contributed by atoms with Gasteiger partial charge in [0.1, 0.15) is 0 Å².